The number of unbranched alkanes of at least 4 members (excludes halogenated alkanes) is 28. The topological polar surface area (TPSA) is 99.1 Å². The predicted octanol–water partition coefficient (Wildman–Crippen LogP) is 15.4. The SMILES string of the molecule is CCCCCC/C=C\C/C=C\CCCCCCCC(=O)OC(COCCC(C(=O)O)[N+](C)(C)C)COC(=O)CCCCCCCCCCCCC/C=C\CCCCCCCCCC. The van der Waals surface area contributed by atoms with Crippen LogP contribution in [0.15, 0.2) is 36.5 Å². The molecule has 1 N–H and O–H groups in total. The second kappa shape index (κ2) is 46.1. The van der Waals surface area contributed by atoms with Crippen molar-refractivity contribution in [3.8, 4) is 0 Å². The van der Waals surface area contributed by atoms with Gasteiger partial charge in [0.1, 0.15) is 6.61 Å². The number of carbonyl (C=O) groups excluding carboxylic acids is 2. The summed E-state index contributed by atoms with van der Waals surface area (Å²) in [7, 11) is 5.53. The van der Waals surface area contributed by atoms with E-state index in [1.54, 1.807) is 0 Å². The summed E-state index contributed by atoms with van der Waals surface area (Å²) in [5, 5.41) is 9.65. The van der Waals surface area contributed by atoms with Crippen LogP contribution in [0.25, 0.3) is 0 Å². The zero-order valence-corrected chi connectivity index (χ0v) is 42.0. The summed E-state index contributed by atoms with van der Waals surface area (Å²) < 4.78 is 17.4. The van der Waals surface area contributed by atoms with Crippen molar-refractivity contribution in [2.75, 3.05) is 41.0 Å². The van der Waals surface area contributed by atoms with Crippen molar-refractivity contribution in [1.82, 2.24) is 0 Å². The quantitative estimate of drug-likeness (QED) is 0.0281. The number of allylic oxidation sites excluding steroid dienone is 6. The molecule has 0 aromatic rings. The van der Waals surface area contributed by atoms with Crippen LogP contribution in [0.5, 0.6) is 0 Å². The molecule has 0 saturated carbocycles. The number of nitrogens with zero attached hydrogens (tertiary/aromatic N) is 1. The highest BCUT2D eigenvalue weighted by Crippen LogP contribution is 2.16. The monoisotopic (exact) mass is 889 g/mol. The number of rotatable bonds is 48. The summed E-state index contributed by atoms with van der Waals surface area (Å²) in [6.07, 6.45) is 54.8. The van der Waals surface area contributed by atoms with E-state index >= 15 is 0 Å². The molecule has 2 atom stereocenters. The Morgan fingerprint density at radius 3 is 1.25 bits per heavy atom. The summed E-state index contributed by atoms with van der Waals surface area (Å²) in [6, 6.07) is -0.617. The van der Waals surface area contributed by atoms with Crippen LogP contribution in [0.4, 0.5) is 0 Å². The average Bonchev–Trinajstić information content (AvgIpc) is 3.24. The third-order valence-corrected chi connectivity index (χ3v) is 12.0. The van der Waals surface area contributed by atoms with Gasteiger partial charge in [0.15, 0.2) is 12.1 Å². The van der Waals surface area contributed by atoms with Crippen molar-refractivity contribution in [3.05, 3.63) is 36.5 Å². The molecule has 0 spiro atoms. The van der Waals surface area contributed by atoms with Crippen LogP contribution in [0, 0.1) is 0 Å². The zero-order valence-electron chi connectivity index (χ0n) is 42.0. The van der Waals surface area contributed by atoms with E-state index in [4.69, 9.17) is 14.2 Å². The molecule has 0 bridgehead atoms. The normalized spacial score (nSPS) is 13.1. The molecular weight excluding hydrogens is 787 g/mol. The van der Waals surface area contributed by atoms with Crippen LogP contribution in [0.1, 0.15) is 245 Å². The van der Waals surface area contributed by atoms with Crippen molar-refractivity contribution < 1.29 is 38.2 Å². The Labute approximate surface area is 389 Å². The summed E-state index contributed by atoms with van der Waals surface area (Å²) in [6.45, 7) is 4.73. The van der Waals surface area contributed by atoms with E-state index in [0.717, 1.165) is 64.2 Å². The van der Waals surface area contributed by atoms with E-state index in [2.05, 4.69) is 50.3 Å². The molecule has 0 radical (unpaired) electrons. The van der Waals surface area contributed by atoms with Gasteiger partial charge < -0.3 is 23.8 Å². The van der Waals surface area contributed by atoms with Gasteiger partial charge >= 0.3 is 17.9 Å². The molecule has 0 aliphatic heterocycles. The number of carbonyl (C=O) groups is 3. The first-order valence-corrected chi connectivity index (χ1v) is 26.5. The number of hydrogen-bond donors (Lipinski definition) is 1. The largest absolute Gasteiger partial charge is 0.477 e. The van der Waals surface area contributed by atoms with Gasteiger partial charge in [-0.1, -0.05) is 192 Å². The van der Waals surface area contributed by atoms with Crippen LogP contribution >= 0.6 is 0 Å². The molecule has 0 aliphatic carbocycles. The van der Waals surface area contributed by atoms with Gasteiger partial charge in [0, 0.05) is 19.3 Å². The van der Waals surface area contributed by atoms with Crippen molar-refractivity contribution in [1.29, 1.82) is 0 Å². The molecule has 8 heteroatoms. The molecule has 0 heterocycles. The summed E-state index contributed by atoms with van der Waals surface area (Å²) in [4.78, 5) is 37.2. The number of esters is 2. The fourth-order valence-electron chi connectivity index (χ4n) is 7.88. The standard InChI is InChI=1S/C55H101NO7/c1-6-8-10-12-14-16-18-20-22-24-25-26-27-28-29-30-32-33-35-37-39-41-43-45-53(57)62-50-51(49-61-48-47-52(55(59)60)56(3,4)5)63-54(58)46-44-42-40-38-36-34-31-23-21-19-17-15-13-11-9-7-2/h17,19,23-25,31,51-52H,6-16,18,20-22,26-30,32-50H2,1-5H3/p+1/b19-17-,25-24-,31-23-. The molecule has 63 heavy (non-hydrogen) atoms. The van der Waals surface area contributed by atoms with Crippen LogP contribution < -0.4 is 0 Å². The maximum absolute atomic E-state index is 12.8. The number of carboxylic acids is 1. The van der Waals surface area contributed by atoms with Gasteiger partial charge in [-0.2, -0.15) is 0 Å². The Morgan fingerprint density at radius 1 is 0.476 bits per heavy atom. The van der Waals surface area contributed by atoms with Crippen molar-refractivity contribution in [2.24, 2.45) is 0 Å². The Bertz CT molecular complexity index is 1130. The zero-order chi connectivity index (χ0) is 46.3. The molecule has 0 aromatic heterocycles. The second-order valence-electron chi connectivity index (χ2n) is 19.1. The van der Waals surface area contributed by atoms with Crippen molar-refractivity contribution >= 4 is 17.9 Å². The van der Waals surface area contributed by atoms with E-state index in [-0.39, 0.29) is 36.2 Å². The summed E-state index contributed by atoms with van der Waals surface area (Å²) in [5.74, 6) is -1.47. The van der Waals surface area contributed by atoms with Crippen LogP contribution in [0.2, 0.25) is 0 Å². The van der Waals surface area contributed by atoms with E-state index in [9.17, 15) is 19.5 Å². The molecule has 2 unspecified atom stereocenters. The number of hydrogen-bond acceptors (Lipinski definition) is 6. The lowest BCUT2D eigenvalue weighted by Crippen LogP contribution is -2.50. The maximum atomic E-state index is 12.8. The van der Waals surface area contributed by atoms with Crippen LogP contribution in [-0.2, 0) is 28.6 Å². The first-order chi connectivity index (χ1) is 30.6. The van der Waals surface area contributed by atoms with Gasteiger partial charge in [-0.25, -0.2) is 4.79 Å². The molecule has 0 amide bonds. The molecule has 0 aromatic carbocycles. The van der Waals surface area contributed by atoms with Crippen molar-refractivity contribution in [2.45, 2.75) is 257 Å². The number of likely N-dealkylation sites (N-methyl/N-ethyl adjacent to an activating group) is 1. The number of aliphatic carboxylic acids is 1. The lowest BCUT2D eigenvalue weighted by Gasteiger charge is -2.31. The molecule has 0 aliphatic rings. The highest BCUT2D eigenvalue weighted by molar-refractivity contribution is 5.72. The van der Waals surface area contributed by atoms with Gasteiger partial charge in [-0.3, -0.25) is 9.59 Å². The molecule has 368 valence electrons. The molecule has 8 nitrogen and oxygen atoms in total. The average molecular weight is 889 g/mol. The maximum Gasteiger partial charge on any atom is 0.362 e. The first kappa shape index (κ1) is 60.5. The van der Waals surface area contributed by atoms with E-state index in [1.165, 1.54) is 148 Å². The Hall–Kier alpha value is -2.45. The van der Waals surface area contributed by atoms with Gasteiger partial charge in [0.25, 0.3) is 0 Å². The van der Waals surface area contributed by atoms with Gasteiger partial charge in [-0.05, 0) is 70.6 Å². The first-order valence-electron chi connectivity index (χ1n) is 26.5. The minimum Gasteiger partial charge on any atom is -0.477 e. The smallest absolute Gasteiger partial charge is 0.362 e. The fourth-order valence-corrected chi connectivity index (χ4v) is 7.88. The van der Waals surface area contributed by atoms with E-state index < -0.39 is 18.1 Å². The molecular formula is C55H102NO7+. The van der Waals surface area contributed by atoms with Gasteiger partial charge in [0.2, 0.25) is 0 Å². The lowest BCUT2D eigenvalue weighted by molar-refractivity contribution is -0.887. The lowest BCUT2D eigenvalue weighted by atomic mass is 10.0. The Kier molecular flexibility index (Phi) is 44.3. The molecule has 0 fully saturated rings. The predicted molar refractivity (Wildman–Crippen MR) is 266 cm³/mol. The van der Waals surface area contributed by atoms with Crippen LogP contribution in [0.3, 0.4) is 0 Å². The number of carboxylic acid groups (broad SMARTS) is 1. The third kappa shape index (κ3) is 44.5. The van der Waals surface area contributed by atoms with Crippen LogP contribution in [-0.4, -0.2) is 80.6 Å². The molecule has 0 saturated heterocycles. The Morgan fingerprint density at radius 2 is 0.841 bits per heavy atom. The molecule has 0 rings (SSSR count). The van der Waals surface area contributed by atoms with E-state index in [1.807, 2.05) is 21.1 Å². The summed E-state index contributed by atoms with van der Waals surface area (Å²) >= 11 is 0. The minimum absolute atomic E-state index is 0.0550. The highest BCUT2D eigenvalue weighted by Gasteiger charge is 2.31. The van der Waals surface area contributed by atoms with Gasteiger partial charge in [0.05, 0.1) is 34.4 Å². The van der Waals surface area contributed by atoms with Gasteiger partial charge in [-0.15, -0.1) is 0 Å². The fraction of sp³-hybridized carbons (Fsp3) is 0.836. The Balaban J connectivity index is 4.19. The third-order valence-electron chi connectivity index (χ3n) is 12.0. The van der Waals surface area contributed by atoms with Crippen molar-refractivity contribution in [3.63, 3.8) is 0 Å². The highest BCUT2D eigenvalue weighted by atomic mass is 16.6. The minimum atomic E-state index is -0.875. The van der Waals surface area contributed by atoms with E-state index in [0.29, 0.717) is 19.3 Å². The second-order valence-corrected chi connectivity index (χ2v) is 19.1. The summed E-state index contributed by atoms with van der Waals surface area (Å²) in [5.41, 5.74) is 0. The number of quaternary nitrogens is 1. The number of ether oxygens (including phenoxy) is 3.